The summed E-state index contributed by atoms with van der Waals surface area (Å²) < 4.78 is 5.88. The van der Waals surface area contributed by atoms with Gasteiger partial charge in [0.2, 0.25) is 0 Å². The third kappa shape index (κ3) is 3.01. The van der Waals surface area contributed by atoms with Crippen LogP contribution in [0.5, 0.6) is 0 Å². The molecule has 2 N–H and O–H groups in total. The first-order valence-corrected chi connectivity index (χ1v) is 9.37. The van der Waals surface area contributed by atoms with Gasteiger partial charge in [0.25, 0.3) is 0 Å². The van der Waals surface area contributed by atoms with Crippen molar-refractivity contribution in [2.24, 2.45) is 16.3 Å². The van der Waals surface area contributed by atoms with E-state index in [0.717, 1.165) is 25.5 Å². The molecule has 3 rings (SSSR count). The number of guanidine groups is 1. The zero-order valence-corrected chi connectivity index (χ0v) is 15.7. The number of rotatable bonds is 4. The van der Waals surface area contributed by atoms with Crippen LogP contribution in [-0.4, -0.2) is 38.3 Å². The fourth-order valence-corrected chi connectivity index (χ4v) is 4.87. The molecule has 0 spiro atoms. The Morgan fingerprint density at radius 2 is 2.26 bits per heavy atom. The van der Waals surface area contributed by atoms with Crippen molar-refractivity contribution >= 4 is 17.3 Å². The third-order valence-electron chi connectivity index (χ3n) is 5.50. The molecule has 3 unspecified atom stereocenters. The van der Waals surface area contributed by atoms with E-state index in [1.807, 2.05) is 18.4 Å². The van der Waals surface area contributed by atoms with Crippen LogP contribution >= 0.6 is 11.3 Å². The average Bonchev–Trinajstić information content (AvgIpc) is 3.18. The van der Waals surface area contributed by atoms with E-state index in [0.29, 0.717) is 18.1 Å². The Kier molecular flexibility index (Phi) is 4.45. The van der Waals surface area contributed by atoms with Gasteiger partial charge in [0.15, 0.2) is 5.96 Å². The normalized spacial score (nSPS) is 29.8. The van der Waals surface area contributed by atoms with Gasteiger partial charge in [-0.3, -0.25) is 4.99 Å². The summed E-state index contributed by atoms with van der Waals surface area (Å²) in [7, 11) is 1.85. The summed E-state index contributed by atoms with van der Waals surface area (Å²) in [6.45, 7) is 10.9. The summed E-state index contributed by atoms with van der Waals surface area (Å²) in [6.07, 6.45) is 1.56. The number of aliphatic imine (C=N–C) groups is 1. The molecular weight excluding hydrogens is 306 g/mol. The highest BCUT2D eigenvalue weighted by Crippen LogP contribution is 2.52. The van der Waals surface area contributed by atoms with Crippen molar-refractivity contribution in [1.29, 1.82) is 0 Å². The molecule has 23 heavy (non-hydrogen) atoms. The fourth-order valence-electron chi connectivity index (χ4n) is 4.01. The van der Waals surface area contributed by atoms with E-state index in [2.05, 4.69) is 60.8 Å². The summed E-state index contributed by atoms with van der Waals surface area (Å²) in [5.41, 5.74) is 0.266. The third-order valence-corrected chi connectivity index (χ3v) is 6.74. The topological polar surface area (TPSA) is 45.7 Å². The molecule has 0 bridgehead atoms. The van der Waals surface area contributed by atoms with Gasteiger partial charge in [-0.05, 0) is 17.9 Å². The van der Waals surface area contributed by atoms with E-state index >= 15 is 0 Å². The van der Waals surface area contributed by atoms with E-state index < -0.39 is 0 Å². The van der Waals surface area contributed by atoms with Crippen LogP contribution in [0.15, 0.2) is 22.5 Å². The van der Waals surface area contributed by atoms with Gasteiger partial charge in [-0.2, -0.15) is 0 Å². The summed E-state index contributed by atoms with van der Waals surface area (Å²) in [5, 5.41) is 9.30. The molecule has 4 nitrogen and oxygen atoms in total. The Morgan fingerprint density at radius 3 is 2.91 bits per heavy atom. The zero-order valence-electron chi connectivity index (χ0n) is 14.8. The van der Waals surface area contributed by atoms with Crippen molar-refractivity contribution in [3.8, 4) is 0 Å². The largest absolute Gasteiger partial charge is 0.377 e. The average molecular weight is 336 g/mol. The molecule has 1 aliphatic carbocycles. The minimum absolute atomic E-state index is 0.0971. The molecule has 0 radical (unpaired) electrons. The van der Waals surface area contributed by atoms with Crippen LogP contribution < -0.4 is 10.6 Å². The van der Waals surface area contributed by atoms with Crippen molar-refractivity contribution in [3.63, 3.8) is 0 Å². The highest BCUT2D eigenvalue weighted by Gasteiger charge is 2.59. The molecule has 2 fully saturated rings. The van der Waals surface area contributed by atoms with Gasteiger partial charge in [-0.1, -0.05) is 33.8 Å². The Hall–Kier alpha value is -1.07. The first-order valence-electron chi connectivity index (χ1n) is 8.49. The number of nitrogens with zero attached hydrogens (tertiary/aromatic N) is 1. The Balaban J connectivity index is 1.59. The van der Waals surface area contributed by atoms with Crippen molar-refractivity contribution in [1.82, 2.24) is 10.6 Å². The number of nitrogens with one attached hydrogen (secondary N) is 2. The molecule has 1 aliphatic heterocycles. The van der Waals surface area contributed by atoms with Crippen molar-refractivity contribution < 1.29 is 4.74 Å². The first-order chi connectivity index (χ1) is 10.9. The predicted octanol–water partition coefficient (Wildman–Crippen LogP) is 3.00. The van der Waals surface area contributed by atoms with Crippen LogP contribution in [0.1, 0.15) is 39.0 Å². The summed E-state index contributed by atoms with van der Waals surface area (Å²) in [6, 6.07) is 4.76. The van der Waals surface area contributed by atoms with Gasteiger partial charge in [0.05, 0.1) is 6.10 Å². The molecule has 128 valence electrons. The number of hydrogen-bond acceptors (Lipinski definition) is 3. The van der Waals surface area contributed by atoms with Gasteiger partial charge < -0.3 is 15.4 Å². The second kappa shape index (κ2) is 6.10. The minimum Gasteiger partial charge on any atom is -0.377 e. The molecule has 2 heterocycles. The maximum absolute atomic E-state index is 5.88. The number of fused-ring (bicyclic) bond motifs is 1. The molecule has 2 aliphatic rings. The van der Waals surface area contributed by atoms with Crippen LogP contribution in [-0.2, 0) is 10.2 Å². The summed E-state index contributed by atoms with van der Waals surface area (Å²) in [4.78, 5) is 5.83. The lowest BCUT2D eigenvalue weighted by Gasteiger charge is -2.55. The minimum atomic E-state index is 0.0971. The molecule has 1 saturated heterocycles. The lowest BCUT2D eigenvalue weighted by Crippen LogP contribution is -2.68. The van der Waals surface area contributed by atoms with Crippen molar-refractivity contribution in [3.05, 3.63) is 22.4 Å². The Morgan fingerprint density at radius 1 is 1.48 bits per heavy atom. The van der Waals surface area contributed by atoms with Crippen LogP contribution in [0, 0.1) is 11.3 Å². The van der Waals surface area contributed by atoms with E-state index in [-0.39, 0.29) is 10.8 Å². The zero-order chi connectivity index (χ0) is 16.7. The SMILES string of the molecule is CN=C(NCC(C)(C)c1cccs1)NC1C2CCOC2C1(C)C. The van der Waals surface area contributed by atoms with Crippen molar-refractivity contribution in [2.75, 3.05) is 20.2 Å². The quantitative estimate of drug-likeness (QED) is 0.657. The monoisotopic (exact) mass is 335 g/mol. The van der Waals surface area contributed by atoms with Gasteiger partial charge in [-0.15, -0.1) is 11.3 Å². The fraction of sp³-hybridized carbons (Fsp3) is 0.722. The Labute approximate surface area is 143 Å². The summed E-state index contributed by atoms with van der Waals surface area (Å²) >= 11 is 1.81. The second-order valence-corrected chi connectivity index (χ2v) is 8.92. The van der Waals surface area contributed by atoms with Crippen LogP contribution in [0.2, 0.25) is 0 Å². The highest BCUT2D eigenvalue weighted by atomic mass is 32.1. The van der Waals surface area contributed by atoms with E-state index in [4.69, 9.17) is 4.74 Å². The molecule has 0 aromatic carbocycles. The van der Waals surface area contributed by atoms with Crippen molar-refractivity contribution in [2.45, 2.75) is 51.7 Å². The smallest absolute Gasteiger partial charge is 0.191 e. The van der Waals surface area contributed by atoms with E-state index in [9.17, 15) is 0 Å². The van der Waals surface area contributed by atoms with Crippen LogP contribution in [0.4, 0.5) is 0 Å². The molecule has 5 heteroatoms. The number of thiophene rings is 1. The molecule has 1 aromatic rings. The lowest BCUT2D eigenvalue weighted by atomic mass is 9.57. The standard InChI is InChI=1S/C18H29N3OS/c1-17(2,13-7-6-10-23-13)11-20-16(19-5)21-14-12-8-9-22-15(12)18(14,3)4/h6-7,10,12,14-15H,8-9,11H2,1-5H3,(H2,19,20,21). The predicted molar refractivity (Wildman–Crippen MR) is 97.3 cm³/mol. The maximum Gasteiger partial charge on any atom is 0.191 e. The highest BCUT2D eigenvalue weighted by molar-refractivity contribution is 7.10. The van der Waals surface area contributed by atoms with Gasteiger partial charge >= 0.3 is 0 Å². The van der Waals surface area contributed by atoms with Gasteiger partial charge in [0, 0.05) is 47.9 Å². The molecule has 1 saturated carbocycles. The molecule has 0 amide bonds. The number of hydrogen-bond donors (Lipinski definition) is 2. The Bertz CT molecular complexity index is 565. The first kappa shape index (κ1) is 16.8. The van der Waals surface area contributed by atoms with E-state index in [1.54, 1.807) is 0 Å². The second-order valence-electron chi connectivity index (χ2n) is 7.97. The number of ether oxygens (including phenoxy) is 1. The molecular formula is C18H29N3OS. The van der Waals surface area contributed by atoms with Gasteiger partial charge in [0.1, 0.15) is 0 Å². The maximum atomic E-state index is 5.88. The summed E-state index contributed by atoms with van der Waals surface area (Å²) in [5.74, 6) is 1.52. The van der Waals surface area contributed by atoms with Crippen LogP contribution in [0.3, 0.4) is 0 Å². The lowest BCUT2D eigenvalue weighted by molar-refractivity contribution is -0.106. The molecule has 1 aromatic heterocycles. The van der Waals surface area contributed by atoms with Gasteiger partial charge in [-0.25, -0.2) is 0 Å². The molecule has 3 atom stereocenters. The van der Waals surface area contributed by atoms with Crippen LogP contribution in [0.25, 0.3) is 0 Å². The van der Waals surface area contributed by atoms with E-state index in [1.165, 1.54) is 4.88 Å².